The highest BCUT2D eigenvalue weighted by atomic mass is 16.5. The Kier molecular flexibility index (Phi) is 6.04. The number of ether oxygens (including phenoxy) is 1. The first-order valence-electron chi connectivity index (χ1n) is 8.25. The van der Waals surface area contributed by atoms with Crippen LogP contribution in [0, 0.1) is 0 Å². The summed E-state index contributed by atoms with van der Waals surface area (Å²) in [7, 11) is 0. The van der Waals surface area contributed by atoms with E-state index in [1.54, 1.807) is 13.0 Å². The summed E-state index contributed by atoms with van der Waals surface area (Å²) in [6.45, 7) is 14.7. The molecule has 0 saturated carbocycles. The Hall–Kier alpha value is -1.77. The molecule has 3 heteroatoms. The van der Waals surface area contributed by atoms with E-state index in [9.17, 15) is 9.90 Å². The zero-order chi connectivity index (χ0) is 17.8. The lowest BCUT2D eigenvalue weighted by Gasteiger charge is -2.29. The lowest BCUT2D eigenvalue weighted by Crippen LogP contribution is -2.19. The van der Waals surface area contributed by atoms with Crippen LogP contribution in [0.15, 0.2) is 18.2 Å². The first-order valence-corrected chi connectivity index (χ1v) is 8.25. The van der Waals surface area contributed by atoms with Gasteiger partial charge in [0.05, 0.1) is 6.61 Å². The van der Waals surface area contributed by atoms with Crippen LogP contribution in [0.5, 0.6) is 5.75 Å². The maximum Gasteiger partial charge on any atom is 0.330 e. The molecule has 0 atom stereocenters. The van der Waals surface area contributed by atoms with Gasteiger partial charge in [-0.15, -0.1) is 0 Å². The van der Waals surface area contributed by atoms with Crippen molar-refractivity contribution in [3.63, 3.8) is 0 Å². The normalized spacial score (nSPS) is 12.7. The minimum atomic E-state index is -0.353. The number of hydrogen-bond donors (Lipinski definition) is 1. The van der Waals surface area contributed by atoms with Crippen molar-refractivity contribution in [1.29, 1.82) is 0 Å². The van der Waals surface area contributed by atoms with E-state index in [4.69, 9.17) is 4.74 Å². The molecule has 0 saturated heterocycles. The van der Waals surface area contributed by atoms with Gasteiger partial charge in [-0.2, -0.15) is 0 Å². The van der Waals surface area contributed by atoms with Gasteiger partial charge in [-0.05, 0) is 47.9 Å². The van der Waals surface area contributed by atoms with Crippen molar-refractivity contribution in [2.75, 3.05) is 6.61 Å². The molecule has 0 fully saturated rings. The molecule has 1 aromatic carbocycles. The molecule has 0 amide bonds. The summed E-state index contributed by atoms with van der Waals surface area (Å²) in [4.78, 5) is 11.5. The van der Waals surface area contributed by atoms with Gasteiger partial charge in [-0.3, -0.25) is 0 Å². The van der Waals surface area contributed by atoms with Crippen molar-refractivity contribution in [3.05, 3.63) is 34.9 Å². The molecule has 23 heavy (non-hydrogen) atoms. The minimum absolute atomic E-state index is 0.141. The average Bonchev–Trinajstić information content (AvgIpc) is 2.45. The third kappa shape index (κ3) is 4.85. The topological polar surface area (TPSA) is 46.5 Å². The maximum absolute atomic E-state index is 11.5. The zero-order valence-electron chi connectivity index (χ0n) is 15.5. The van der Waals surface area contributed by atoms with Gasteiger partial charge < -0.3 is 9.84 Å². The highest BCUT2D eigenvalue weighted by molar-refractivity contribution is 5.87. The van der Waals surface area contributed by atoms with Crippen molar-refractivity contribution >= 4 is 12.0 Å². The number of esters is 1. The number of aromatic hydroxyl groups is 1. The third-order valence-corrected chi connectivity index (χ3v) is 4.25. The Morgan fingerprint density at radius 1 is 1.13 bits per heavy atom. The molecule has 0 aromatic heterocycles. The first-order chi connectivity index (χ1) is 10.5. The predicted molar refractivity (Wildman–Crippen MR) is 95.8 cm³/mol. The molecule has 3 nitrogen and oxygen atoms in total. The first kappa shape index (κ1) is 19.3. The van der Waals surface area contributed by atoms with Crippen molar-refractivity contribution in [2.24, 2.45) is 0 Å². The average molecular weight is 318 g/mol. The molecule has 0 radical (unpaired) electrons. The van der Waals surface area contributed by atoms with Gasteiger partial charge in [0.1, 0.15) is 5.75 Å². The Morgan fingerprint density at radius 2 is 1.70 bits per heavy atom. The Morgan fingerprint density at radius 3 is 2.17 bits per heavy atom. The molecular formula is C20H30O3. The summed E-state index contributed by atoms with van der Waals surface area (Å²) in [5.74, 6) is 0.00631. The van der Waals surface area contributed by atoms with Crippen molar-refractivity contribution in [2.45, 2.75) is 65.7 Å². The molecule has 0 bridgehead atoms. The van der Waals surface area contributed by atoms with E-state index >= 15 is 0 Å². The van der Waals surface area contributed by atoms with Gasteiger partial charge in [0.25, 0.3) is 0 Å². The number of rotatable bonds is 5. The molecule has 0 aliphatic heterocycles. The van der Waals surface area contributed by atoms with E-state index in [2.05, 4.69) is 41.5 Å². The van der Waals surface area contributed by atoms with Crippen LogP contribution in [-0.2, 0) is 20.4 Å². The standard InChI is InChI=1S/C20H30O3/c1-8-20(6,7)16-13-14(10-11-17(21)23-9-2)12-15(18(16)22)19(3,4)5/h10-13,22H,8-9H2,1-7H3. The monoisotopic (exact) mass is 318 g/mol. The lowest BCUT2D eigenvalue weighted by molar-refractivity contribution is -0.137. The van der Waals surface area contributed by atoms with E-state index in [0.717, 1.165) is 23.1 Å². The number of carbonyl (C=O) groups is 1. The number of benzene rings is 1. The van der Waals surface area contributed by atoms with E-state index in [-0.39, 0.29) is 16.8 Å². The smallest absolute Gasteiger partial charge is 0.330 e. The largest absolute Gasteiger partial charge is 0.507 e. The van der Waals surface area contributed by atoms with Gasteiger partial charge in [-0.1, -0.05) is 41.5 Å². The fourth-order valence-corrected chi connectivity index (χ4v) is 2.39. The van der Waals surface area contributed by atoms with Crippen molar-refractivity contribution in [3.8, 4) is 5.75 Å². The second kappa shape index (κ2) is 7.20. The SMILES string of the molecule is CCOC(=O)C=Cc1cc(C(C)(C)C)c(O)c(C(C)(C)CC)c1. The van der Waals surface area contributed by atoms with Gasteiger partial charge in [0.2, 0.25) is 0 Å². The molecule has 1 N–H and O–H groups in total. The van der Waals surface area contributed by atoms with Crippen LogP contribution in [0.1, 0.15) is 71.6 Å². The molecule has 0 spiro atoms. The molecule has 0 unspecified atom stereocenters. The van der Waals surface area contributed by atoms with Crippen LogP contribution in [0.4, 0.5) is 0 Å². The fourth-order valence-electron chi connectivity index (χ4n) is 2.39. The van der Waals surface area contributed by atoms with Gasteiger partial charge in [-0.25, -0.2) is 4.79 Å². The van der Waals surface area contributed by atoms with Crippen LogP contribution < -0.4 is 0 Å². The Bertz CT molecular complexity index is 590. The Labute approximate surface area is 140 Å². The zero-order valence-corrected chi connectivity index (χ0v) is 15.5. The van der Waals surface area contributed by atoms with Crippen LogP contribution in [0.3, 0.4) is 0 Å². The second-order valence-corrected chi connectivity index (χ2v) is 7.54. The predicted octanol–water partition coefficient (Wildman–Crippen LogP) is 4.95. The van der Waals surface area contributed by atoms with Crippen molar-refractivity contribution < 1.29 is 14.6 Å². The number of hydrogen-bond acceptors (Lipinski definition) is 3. The summed E-state index contributed by atoms with van der Waals surface area (Å²) in [6, 6.07) is 3.91. The molecule has 0 aliphatic rings. The fraction of sp³-hybridized carbons (Fsp3) is 0.550. The minimum Gasteiger partial charge on any atom is -0.507 e. The molecule has 128 valence electrons. The number of carbonyl (C=O) groups excluding carboxylic acids is 1. The highest BCUT2D eigenvalue weighted by Gasteiger charge is 2.27. The molecule has 0 heterocycles. The van der Waals surface area contributed by atoms with Crippen LogP contribution >= 0.6 is 0 Å². The molecular weight excluding hydrogens is 288 g/mol. The van der Waals surface area contributed by atoms with Crippen LogP contribution in [0.2, 0.25) is 0 Å². The lowest BCUT2D eigenvalue weighted by atomic mass is 9.76. The summed E-state index contributed by atoms with van der Waals surface area (Å²) in [5, 5.41) is 10.8. The Balaban J connectivity index is 3.44. The molecule has 1 aromatic rings. The number of phenols is 1. The quantitative estimate of drug-likeness (QED) is 0.617. The summed E-state index contributed by atoms with van der Waals surface area (Å²) in [6.07, 6.45) is 4.10. The van der Waals surface area contributed by atoms with E-state index in [1.807, 2.05) is 12.1 Å². The summed E-state index contributed by atoms with van der Waals surface area (Å²) < 4.78 is 4.93. The maximum atomic E-state index is 11.5. The summed E-state index contributed by atoms with van der Waals surface area (Å²) >= 11 is 0. The van der Waals surface area contributed by atoms with E-state index < -0.39 is 0 Å². The molecule has 1 rings (SSSR count). The second-order valence-electron chi connectivity index (χ2n) is 7.54. The van der Waals surface area contributed by atoms with Gasteiger partial charge in [0.15, 0.2) is 0 Å². The van der Waals surface area contributed by atoms with Crippen LogP contribution in [0.25, 0.3) is 6.08 Å². The van der Waals surface area contributed by atoms with Crippen molar-refractivity contribution in [1.82, 2.24) is 0 Å². The van der Waals surface area contributed by atoms with Gasteiger partial charge >= 0.3 is 5.97 Å². The van der Waals surface area contributed by atoms with Crippen LogP contribution in [-0.4, -0.2) is 17.7 Å². The summed E-state index contributed by atoms with van der Waals surface area (Å²) in [5.41, 5.74) is 2.38. The van der Waals surface area contributed by atoms with Gasteiger partial charge in [0, 0.05) is 17.2 Å². The van der Waals surface area contributed by atoms with E-state index in [1.165, 1.54) is 6.08 Å². The molecule has 0 aliphatic carbocycles. The third-order valence-electron chi connectivity index (χ3n) is 4.25. The highest BCUT2D eigenvalue weighted by Crippen LogP contribution is 2.41. The van der Waals surface area contributed by atoms with E-state index in [0.29, 0.717) is 12.4 Å². The number of phenolic OH excluding ortho intramolecular Hbond substituents is 1.